The minimum Gasteiger partial charge on any atom is -0.0640 e. The van der Waals surface area contributed by atoms with Crippen molar-refractivity contribution in [2.75, 3.05) is 0 Å². The molecule has 1 heterocycles. The summed E-state index contributed by atoms with van der Waals surface area (Å²) in [6.07, 6.45) is 13.7. The second kappa shape index (κ2) is 8.63. The standard InChI is InChI=1S/C24H40P/c1-15(2)19-9-7-17(5)13-21(19)23-11-12-24(25-23)22-14-18(6)8-10-20(22)16(3)4/h11-12,15-22H,7-10,13-14H2,1-6H3/t17-,18-,19+,20+,21-,22-/m1/s1. The van der Waals surface area contributed by atoms with Crippen molar-refractivity contribution in [1.29, 1.82) is 0 Å². The predicted molar refractivity (Wildman–Crippen MR) is 112 cm³/mol. The number of hydrogen-bond donors (Lipinski definition) is 0. The van der Waals surface area contributed by atoms with Gasteiger partial charge in [0.25, 0.3) is 0 Å². The van der Waals surface area contributed by atoms with E-state index in [9.17, 15) is 0 Å². The summed E-state index contributed by atoms with van der Waals surface area (Å²) in [5.74, 6) is 7.00. The van der Waals surface area contributed by atoms with Gasteiger partial charge in [-0.1, -0.05) is 63.0 Å². The lowest BCUT2D eigenvalue weighted by Crippen LogP contribution is -2.31. The van der Waals surface area contributed by atoms with E-state index >= 15 is 0 Å². The monoisotopic (exact) mass is 359 g/mol. The first-order valence-corrected chi connectivity index (χ1v) is 11.9. The van der Waals surface area contributed by atoms with Gasteiger partial charge < -0.3 is 0 Å². The topological polar surface area (TPSA) is 0 Å². The molecule has 0 amide bonds. The third-order valence-corrected chi connectivity index (χ3v) is 8.97. The van der Waals surface area contributed by atoms with E-state index in [1.807, 2.05) is 0 Å². The third kappa shape index (κ3) is 4.65. The van der Waals surface area contributed by atoms with Gasteiger partial charge in [-0.3, -0.25) is 0 Å². The summed E-state index contributed by atoms with van der Waals surface area (Å²) in [4.78, 5) is 0. The second-order valence-corrected chi connectivity index (χ2v) is 11.4. The molecule has 5 radical (unpaired) electrons. The quantitative estimate of drug-likeness (QED) is 0.448. The van der Waals surface area contributed by atoms with Gasteiger partial charge in [0, 0.05) is 11.3 Å². The minimum atomic E-state index is 0.829. The van der Waals surface area contributed by atoms with Crippen molar-refractivity contribution in [3.05, 3.63) is 24.2 Å². The van der Waals surface area contributed by atoms with E-state index in [4.69, 9.17) is 0 Å². The molecule has 0 nitrogen and oxygen atoms in total. The molecule has 0 aromatic rings. The molecule has 0 aromatic heterocycles. The molecular formula is C24H40P. The average molecular weight is 360 g/mol. The molecule has 25 heavy (non-hydrogen) atoms. The number of rotatable bonds is 4. The Labute approximate surface area is 160 Å². The summed E-state index contributed by atoms with van der Waals surface area (Å²) in [7, 11) is 1.60. The first kappa shape index (κ1) is 20.2. The van der Waals surface area contributed by atoms with Crippen LogP contribution in [0.2, 0.25) is 0 Å². The van der Waals surface area contributed by atoms with Gasteiger partial charge in [0.15, 0.2) is 0 Å². The lowest BCUT2D eigenvalue weighted by atomic mass is 9.67. The fourth-order valence-electron chi connectivity index (χ4n) is 5.89. The van der Waals surface area contributed by atoms with E-state index in [2.05, 4.69) is 54.4 Å². The molecule has 1 aliphatic heterocycles. The minimum absolute atomic E-state index is 0.829. The molecule has 1 heteroatoms. The van der Waals surface area contributed by atoms with Gasteiger partial charge in [0.2, 0.25) is 0 Å². The molecule has 3 rings (SSSR count). The van der Waals surface area contributed by atoms with Crippen LogP contribution in [-0.2, 0) is 0 Å². The lowest BCUT2D eigenvalue weighted by molar-refractivity contribution is 0.164. The first-order chi connectivity index (χ1) is 11.9. The van der Waals surface area contributed by atoms with Crippen LogP contribution in [0, 0.1) is 71.5 Å². The van der Waals surface area contributed by atoms with Gasteiger partial charge in [-0.05, 0) is 85.9 Å². The first-order valence-electron chi connectivity index (χ1n) is 11.0. The van der Waals surface area contributed by atoms with E-state index in [1.165, 1.54) is 38.5 Å². The van der Waals surface area contributed by atoms with E-state index in [1.54, 1.807) is 19.9 Å². The van der Waals surface area contributed by atoms with Crippen molar-refractivity contribution in [3.63, 3.8) is 0 Å². The fourth-order valence-corrected chi connectivity index (χ4v) is 7.41. The van der Waals surface area contributed by atoms with Gasteiger partial charge >= 0.3 is 0 Å². The molecule has 0 N–H and O–H groups in total. The molecule has 0 unspecified atom stereocenters. The van der Waals surface area contributed by atoms with Gasteiger partial charge in [-0.25, -0.2) is 0 Å². The Morgan fingerprint density at radius 1 is 0.720 bits per heavy atom. The zero-order valence-corrected chi connectivity index (χ0v) is 18.4. The van der Waals surface area contributed by atoms with Crippen molar-refractivity contribution in [3.8, 4) is 0 Å². The van der Waals surface area contributed by atoms with Crippen molar-refractivity contribution < 1.29 is 0 Å². The average Bonchev–Trinajstić information content (AvgIpc) is 3.03. The Morgan fingerprint density at radius 2 is 1.12 bits per heavy atom. The van der Waals surface area contributed by atoms with Crippen LogP contribution >= 0.6 is 8.58 Å². The van der Waals surface area contributed by atoms with E-state index in [0.29, 0.717) is 0 Å². The molecule has 2 aliphatic carbocycles. The molecule has 3 aliphatic rings. The Morgan fingerprint density at radius 3 is 1.48 bits per heavy atom. The fraction of sp³-hybridized carbons (Fsp3) is 0.833. The van der Waals surface area contributed by atoms with Gasteiger partial charge in [0.05, 0.1) is 0 Å². The van der Waals surface area contributed by atoms with Crippen LogP contribution < -0.4 is 0 Å². The molecule has 0 spiro atoms. The van der Waals surface area contributed by atoms with Crippen LogP contribution in [-0.4, -0.2) is 0 Å². The van der Waals surface area contributed by atoms with Gasteiger partial charge in [0.1, 0.15) is 0 Å². The van der Waals surface area contributed by atoms with Gasteiger partial charge in [-0.15, -0.1) is 0 Å². The van der Waals surface area contributed by atoms with E-state index < -0.39 is 0 Å². The van der Waals surface area contributed by atoms with Crippen molar-refractivity contribution in [2.45, 2.75) is 80.1 Å². The molecule has 0 aromatic carbocycles. The summed E-state index contributed by atoms with van der Waals surface area (Å²) in [5.41, 5.74) is 3.53. The normalized spacial score (nSPS) is 41.8. The van der Waals surface area contributed by atoms with Crippen LogP contribution in [0.5, 0.6) is 0 Å². The maximum absolute atomic E-state index is 2.55. The SMILES string of the molecule is CC(C)[C@@H]1CC[C@@H](C)C[C@H]1[C]1[CH][CH][C]([C@@H]2C[C@H](C)CC[C@H]2C(C)C)[P]1. The molecule has 2 saturated carbocycles. The Bertz CT molecular complexity index is 376. The summed E-state index contributed by atoms with van der Waals surface area (Å²) in [6, 6.07) is 0. The summed E-state index contributed by atoms with van der Waals surface area (Å²) in [6.45, 7) is 14.7. The largest absolute Gasteiger partial charge is 0.0640 e. The van der Waals surface area contributed by atoms with Crippen molar-refractivity contribution in [1.82, 2.24) is 0 Å². The molecule has 6 atom stereocenters. The van der Waals surface area contributed by atoms with Gasteiger partial charge in [-0.2, -0.15) is 0 Å². The van der Waals surface area contributed by atoms with E-state index in [0.717, 1.165) is 47.3 Å². The molecule has 141 valence electrons. The molecule has 0 bridgehead atoms. The Balaban J connectivity index is 1.67. The Hall–Kier alpha value is 0.430. The highest BCUT2D eigenvalue weighted by Gasteiger charge is 2.45. The van der Waals surface area contributed by atoms with Crippen LogP contribution in [0.3, 0.4) is 0 Å². The van der Waals surface area contributed by atoms with Crippen LogP contribution in [0.25, 0.3) is 0 Å². The summed E-state index contributed by atoms with van der Waals surface area (Å²) in [5, 5.41) is 0. The second-order valence-electron chi connectivity index (χ2n) is 10.2. The molecular weight excluding hydrogens is 319 g/mol. The summed E-state index contributed by atoms with van der Waals surface area (Å²) < 4.78 is 0. The van der Waals surface area contributed by atoms with Crippen LogP contribution in [0.15, 0.2) is 0 Å². The van der Waals surface area contributed by atoms with Crippen molar-refractivity contribution in [2.24, 2.45) is 47.3 Å². The molecule has 3 fully saturated rings. The van der Waals surface area contributed by atoms with Crippen LogP contribution in [0.1, 0.15) is 80.1 Å². The maximum atomic E-state index is 2.55. The Kier molecular flexibility index (Phi) is 6.96. The highest BCUT2D eigenvalue weighted by Crippen LogP contribution is 2.63. The maximum Gasteiger partial charge on any atom is 0.0120 e. The number of hydrogen-bond acceptors (Lipinski definition) is 0. The summed E-state index contributed by atoms with van der Waals surface area (Å²) >= 11 is 0. The third-order valence-electron chi connectivity index (χ3n) is 7.49. The van der Waals surface area contributed by atoms with Crippen LogP contribution in [0.4, 0.5) is 0 Å². The molecule has 1 saturated heterocycles. The van der Waals surface area contributed by atoms with E-state index in [-0.39, 0.29) is 0 Å². The smallest absolute Gasteiger partial charge is 0.0120 e. The predicted octanol–water partition coefficient (Wildman–Crippen LogP) is 7.84. The highest BCUT2D eigenvalue weighted by molar-refractivity contribution is 7.46. The van der Waals surface area contributed by atoms with Crippen molar-refractivity contribution >= 4 is 8.58 Å². The zero-order valence-electron chi connectivity index (χ0n) is 17.5. The highest BCUT2D eigenvalue weighted by atomic mass is 31.1. The lowest BCUT2D eigenvalue weighted by Gasteiger charge is -2.42. The zero-order chi connectivity index (χ0) is 18.1.